The van der Waals surface area contributed by atoms with E-state index in [2.05, 4.69) is 15.5 Å². The number of nitrogens with one attached hydrogen (secondary N) is 1. The Kier molecular flexibility index (Phi) is 7.15. The number of rotatable bonds is 8. The molecule has 8 nitrogen and oxygen atoms in total. The van der Waals surface area contributed by atoms with Gasteiger partial charge >= 0.3 is 12.1 Å². The number of hydrogen-bond acceptors (Lipinski definition) is 7. The molecule has 0 fully saturated rings. The molecule has 0 saturated heterocycles. The van der Waals surface area contributed by atoms with Gasteiger partial charge in [-0.1, -0.05) is 62.4 Å². The number of ether oxygens (including phenoxy) is 2. The lowest BCUT2D eigenvalue weighted by Crippen LogP contribution is -2.45. The first-order valence-electron chi connectivity index (χ1n) is 9.54. The Labute approximate surface area is 174 Å². The van der Waals surface area contributed by atoms with Crippen molar-refractivity contribution in [1.29, 1.82) is 0 Å². The van der Waals surface area contributed by atoms with Gasteiger partial charge in [0.05, 0.1) is 0 Å². The second kappa shape index (κ2) is 10.2. The van der Waals surface area contributed by atoms with Crippen LogP contribution in [0.5, 0.6) is 0 Å². The number of nitrogens with zero attached hydrogens (tertiary/aromatic N) is 2. The van der Waals surface area contributed by atoms with Gasteiger partial charge in [-0.25, -0.2) is 9.59 Å². The molecule has 0 aliphatic rings. The molecule has 1 amide bonds. The Morgan fingerprint density at radius 3 is 2.27 bits per heavy atom. The Balaban J connectivity index is 1.51. The highest BCUT2D eigenvalue weighted by molar-refractivity contribution is 5.81. The summed E-state index contributed by atoms with van der Waals surface area (Å²) in [5.41, 5.74) is 1.62. The van der Waals surface area contributed by atoms with E-state index < -0.39 is 18.1 Å². The maximum Gasteiger partial charge on any atom is 0.408 e. The highest BCUT2D eigenvalue weighted by Crippen LogP contribution is 2.17. The number of carbonyl (C=O) groups excluding carboxylic acids is 2. The molecular weight excluding hydrogens is 386 g/mol. The van der Waals surface area contributed by atoms with E-state index >= 15 is 0 Å². The zero-order chi connectivity index (χ0) is 21.3. The van der Waals surface area contributed by atoms with Crippen LogP contribution in [0.1, 0.15) is 25.3 Å². The van der Waals surface area contributed by atoms with Gasteiger partial charge in [0.2, 0.25) is 5.89 Å². The van der Waals surface area contributed by atoms with Crippen LogP contribution in [-0.2, 0) is 27.5 Å². The molecule has 3 aromatic rings. The van der Waals surface area contributed by atoms with Gasteiger partial charge < -0.3 is 19.2 Å². The molecule has 3 rings (SSSR count). The number of aromatic nitrogens is 2. The van der Waals surface area contributed by atoms with E-state index in [9.17, 15) is 9.59 Å². The zero-order valence-corrected chi connectivity index (χ0v) is 16.8. The zero-order valence-electron chi connectivity index (χ0n) is 16.8. The first kappa shape index (κ1) is 21.0. The lowest BCUT2D eigenvalue weighted by atomic mass is 10.1. The van der Waals surface area contributed by atoms with Crippen molar-refractivity contribution in [1.82, 2.24) is 15.5 Å². The normalized spacial score (nSPS) is 11.7. The van der Waals surface area contributed by atoms with Crippen LogP contribution in [0.4, 0.5) is 4.79 Å². The predicted molar refractivity (Wildman–Crippen MR) is 108 cm³/mol. The molecule has 1 heterocycles. The second-order valence-corrected chi connectivity index (χ2v) is 6.90. The second-order valence-electron chi connectivity index (χ2n) is 6.90. The quantitative estimate of drug-likeness (QED) is 0.565. The van der Waals surface area contributed by atoms with E-state index in [0.717, 1.165) is 11.1 Å². The molecule has 2 aromatic carbocycles. The molecule has 0 bridgehead atoms. The molecule has 156 valence electrons. The van der Waals surface area contributed by atoms with Crippen molar-refractivity contribution in [2.75, 3.05) is 0 Å². The molecule has 0 spiro atoms. The molecule has 0 aliphatic carbocycles. The van der Waals surface area contributed by atoms with E-state index in [-0.39, 0.29) is 25.0 Å². The fourth-order valence-electron chi connectivity index (χ4n) is 2.62. The summed E-state index contributed by atoms with van der Waals surface area (Å²) in [5, 5.41) is 10.4. The molecule has 0 radical (unpaired) electrons. The molecule has 0 saturated carbocycles. The summed E-state index contributed by atoms with van der Waals surface area (Å²) in [6, 6.07) is 17.7. The average molecular weight is 409 g/mol. The van der Waals surface area contributed by atoms with Gasteiger partial charge in [0.15, 0.2) is 6.61 Å². The third-order valence-electron chi connectivity index (χ3n) is 4.23. The number of alkyl carbamates (subject to hydrolysis) is 1. The monoisotopic (exact) mass is 409 g/mol. The van der Waals surface area contributed by atoms with E-state index in [4.69, 9.17) is 13.9 Å². The number of benzene rings is 2. The number of carbonyl (C=O) groups is 2. The van der Waals surface area contributed by atoms with Crippen molar-refractivity contribution in [3.05, 3.63) is 72.1 Å². The summed E-state index contributed by atoms with van der Waals surface area (Å²) < 4.78 is 16.0. The first-order chi connectivity index (χ1) is 14.5. The van der Waals surface area contributed by atoms with Crippen molar-refractivity contribution in [3.8, 4) is 11.5 Å². The molecule has 1 atom stereocenters. The van der Waals surface area contributed by atoms with E-state index in [1.807, 2.05) is 60.7 Å². The summed E-state index contributed by atoms with van der Waals surface area (Å²) >= 11 is 0. The third kappa shape index (κ3) is 5.91. The van der Waals surface area contributed by atoms with Crippen LogP contribution in [0.25, 0.3) is 11.5 Å². The van der Waals surface area contributed by atoms with Gasteiger partial charge in [-0.05, 0) is 23.6 Å². The minimum atomic E-state index is -0.871. The lowest BCUT2D eigenvalue weighted by molar-refractivity contribution is -0.149. The molecule has 1 N–H and O–H groups in total. The maximum absolute atomic E-state index is 12.5. The third-order valence-corrected chi connectivity index (χ3v) is 4.23. The summed E-state index contributed by atoms with van der Waals surface area (Å²) in [5.74, 6) is -0.313. The summed E-state index contributed by atoms with van der Waals surface area (Å²) in [7, 11) is 0. The van der Waals surface area contributed by atoms with E-state index in [1.165, 1.54) is 0 Å². The Hall–Kier alpha value is -3.68. The first-order valence-corrected chi connectivity index (χ1v) is 9.54. The molecule has 0 unspecified atom stereocenters. The smallest absolute Gasteiger partial charge is 0.408 e. The van der Waals surface area contributed by atoms with Crippen LogP contribution in [0.2, 0.25) is 0 Å². The van der Waals surface area contributed by atoms with Gasteiger partial charge in [-0.3, -0.25) is 0 Å². The van der Waals surface area contributed by atoms with Crippen LogP contribution in [0, 0.1) is 5.92 Å². The Morgan fingerprint density at radius 2 is 1.60 bits per heavy atom. The van der Waals surface area contributed by atoms with Crippen molar-refractivity contribution in [2.45, 2.75) is 33.1 Å². The van der Waals surface area contributed by atoms with Crippen molar-refractivity contribution in [2.24, 2.45) is 5.92 Å². The van der Waals surface area contributed by atoms with Crippen molar-refractivity contribution in [3.63, 3.8) is 0 Å². The van der Waals surface area contributed by atoms with Gasteiger partial charge in [0.25, 0.3) is 5.89 Å². The standard InChI is InChI=1S/C22H23N3O5/c1-15(2)19(23-22(27)29-13-16-9-5-3-6-10-16)21(26)28-14-18-24-25-20(30-18)17-11-7-4-8-12-17/h3-12,15,19H,13-14H2,1-2H3,(H,23,27)/t19-/m0/s1. The molecule has 8 heteroatoms. The van der Waals surface area contributed by atoms with Crippen LogP contribution in [-0.4, -0.2) is 28.3 Å². The summed E-state index contributed by atoms with van der Waals surface area (Å²) in [4.78, 5) is 24.6. The van der Waals surface area contributed by atoms with Gasteiger partial charge in [-0.2, -0.15) is 0 Å². The summed E-state index contributed by atoms with van der Waals surface area (Å²) in [6.07, 6.45) is -0.696. The maximum atomic E-state index is 12.5. The van der Waals surface area contributed by atoms with Crippen LogP contribution < -0.4 is 5.32 Å². The number of amides is 1. The molecule has 1 aromatic heterocycles. The molecule has 0 aliphatic heterocycles. The number of esters is 1. The van der Waals surface area contributed by atoms with Gasteiger partial charge in [-0.15, -0.1) is 10.2 Å². The Morgan fingerprint density at radius 1 is 0.933 bits per heavy atom. The summed E-state index contributed by atoms with van der Waals surface area (Å²) in [6.45, 7) is 3.51. The van der Waals surface area contributed by atoms with Crippen LogP contribution in [0.15, 0.2) is 65.1 Å². The van der Waals surface area contributed by atoms with E-state index in [1.54, 1.807) is 13.8 Å². The van der Waals surface area contributed by atoms with Gasteiger partial charge in [0, 0.05) is 5.56 Å². The van der Waals surface area contributed by atoms with Crippen molar-refractivity contribution < 1.29 is 23.5 Å². The van der Waals surface area contributed by atoms with Crippen molar-refractivity contribution >= 4 is 12.1 Å². The fraction of sp³-hybridized carbons (Fsp3) is 0.273. The largest absolute Gasteiger partial charge is 0.454 e. The minimum Gasteiger partial charge on any atom is -0.454 e. The highest BCUT2D eigenvalue weighted by atomic mass is 16.6. The lowest BCUT2D eigenvalue weighted by Gasteiger charge is -2.20. The predicted octanol–water partition coefficient (Wildman–Crippen LogP) is 3.73. The highest BCUT2D eigenvalue weighted by Gasteiger charge is 2.27. The Bertz CT molecular complexity index is 957. The fourth-order valence-corrected chi connectivity index (χ4v) is 2.62. The molecular formula is C22H23N3O5. The van der Waals surface area contributed by atoms with Crippen LogP contribution in [0.3, 0.4) is 0 Å². The van der Waals surface area contributed by atoms with Crippen LogP contribution >= 0.6 is 0 Å². The molecule has 30 heavy (non-hydrogen) atoms. The number of hydrogen-bond donors (Lipinski definition) is 1. The van der Waals surface area contributed by atoms with E-state index in [0.29, 0.717) is 5.89 Å². The topological polar surface area (TPSA) is 104 Å². The average Bonchev–Trinajstić information content (AvgIpc) is 3.24. The SMILES string of the molecule is CC(C)[C@H](NC(=O)OCc1ccccc1)C(=O)OCc1nnc(-c2ccccc2)o1. The minimum absolute atomic E-state index is 0.108. The van der Waals surface area contributed by atoms with Gasteiger partial charge in [0.1, 0.15) is 12.6 Å².